The van der Waals surface area contributed by atoms with Gasteiger partial charge in [-0.05, 0) is 41.0 Å². The molecule has 0 aliphatic carbocycles. The Morgan fingerprint density at radius 2 is 1.71 bits per heavy atom. The van der Waals surface area contributed by atoms with Gasteiger partial charge in [-0.3, -0.25) is 4.79 Å². The van der Waals surface area contributed by atoms with E-state index in [9.17, 15) is 4.79 Å². The molecule has 0 fully saturated rings. The van der Waals surface area contributed by atoms with E-state index in [4.69, 9.17) is 5.73 Å². The van der Waals surface area contributed by atoms with Gasteiger partial charge in [-0.15, -0.1) is 0 Å². The Balaban J connectivity index is 2.19. The summed E-state index contributed by atoms with van der Waals surface area (Å²) in [5.74, 6) is -0.158. The highest BCUT2D eigenvalue weighted by Crippen LogP contribution is 2.16. The Morgan fingerprint density at radius 1 is 1.05 bits per heavy atom. The second kappa shape index (κ2) is 6.68. The summed E-state index contributed by atoms with van der Waals surface area (Å²) in [7, 11) is 0. The number of nitrogens with two attached hydrogens (primary N) is 1. The van der Waals surface area contributed by atoms with Crippen molar-refractivity contribution in [2.75, 3.05) is 5.32 Å². The largest absolute Gasteiger partial charge is 0.326 e. The number of anilines is 1. The molecule has 0 aliphatic rings. The number of amides is 1. The first-order chi connectivity index (χ1) is 10.2. The van der Waals surface area contributed by atoms with Gasteiger partial charge >= 0.3 is 0 Å². The predicted octanol–water partition coefficient (Wildman–Crippen LogP) is 3.68. The van der Waals surface area contributed by atoms with Crippen molar-refractivity contribution in [3.63, 3.8) is 0 Å². The predicted molar refractivity (Wildman–Crippen MR) is 88.9 cm³/mol. The molecule has 2 rings (SSSR count). The fourth-order valence-corrected chi connectivity index (χ4v) is 2.01. The molecule has 0 aromatic heterocycles. The van der Waals surface area contributed by atoms with Gasteiger partial charge in [0.1, 0.15) is 0 Å². The van der Waals surface area contributed by atoms with Crippen molar-refractivity contribution < 1.29 is 4.79 Å². The molecule has 0 radical (unpaired) electrons. The molecular weight excluding hydrogens is 260 g/mol. The average molecular weight is 278 g/mol. The third-order valence-electron chi connectivity index (χ3n) is 3.24. The molecule has 0 heterocycles. The van der Waals surface area contributed by atoms with Crippen molar-refractivity contribution in [1.29, 1.82) is 0 Å². The van der Waals surface area contributed by atoms with E-state index in [1.807, 2.05) is 30.3 Å². The van der Waals surface area contributed by atoms with Gasteiger partial charge in [0, 0.05) is 17.8 Å². The molecule has 0 aliphatic heterocycles. The summed E-state index contributed by atoms with van der Waals surface area (Å²) in [6, 6.07) is 12.9. The Morgan fingerprint density at radius 3 is 2.29 bits per heavy atom. The molecule has 3 nitrogen and oxygen atoms in total. The van der Waals surface area contributed by atoms with Crippen LogP contribution in [0.3, 0.4) is 0 Å². The van der Waals surface area contributed by atoms with Crippen molar-refractivity contribution in [3.05, 3.63) is 77.9 Å². The van der Waals surface area contributed by atoms with E-state index in [1.165, 1.54) is 0 Å². The highest BCUT2D eigenvalue weighted by molar-refractivity contribution is 6.04. The minimum absolute atomic E-state index is 0.158. The Hall–Kier alpha value is -2.65. The zero-order valence-corrected chi connectivity index (χ0v) is 11.8. The van der Waals surface area contributed by atoms with Crippen LogP contribution < -0.4 is 11.1 Å². The Bertz CT molecular complexity index is 672. The van der Waals surface area contributed by atoms with Crippen molar-refractivity contribution in [1.82, 2.24) is 0 Å². The van der Waals surface area contributed by atoms with E-state index >= 15 is 0 Å². The molecule has 0 saturated carbocycles. The summed E-state index contributed by atoms with van der Waals surface area (Å²) in [5, 5.41) is 2.86. The Labute approximate surface area is 124 Å². The van der Waals surface area contributed by atoms with Crippen LogP contribution in [-0.4, -0.2) is 5.91 Å². The van der Waals surface area contributed by atoms with E-state index in [1.54, 1.807) is 24.3 Å². The van der Waals surface area contributed by atoms with E-state index in [0.717, 1.165) is 22.4 Å². The summed E-state index contributed by atoms with van der Waals surface area (Å²) in [4.78, 5) is 12.2. The fourth-order valence-electron chi connectivity index (χ4n) is 2.01. The SMILES string of the molecule is C=Cc1ccc(C(=O)Nc2ccc(CN)cc2)cc1C=C. The molecule has 2 aromatic rings. The molecule has 21 heavy (non-hydrogen) atoms. The van der Waals surface area contributed by atoms with Crippen LogP contribution in [0.4, 0.5) is 5.69 Å². The first-order valence-corrected chi connectivity index (χ1v) is 6.67. The maximum absolute atomic E-state index is 12.2. The van der Waals surface area contributed by atoms with Crippen molar-refractivity contribution in [2.45, 2.75) is 6.54 Å². The van der Waals surface area contributed by atoms with Crippen molar-refractivity contribution in [3.8, 4) is 0 Å². The summed E-state index contributed by atoms with van der Waals surface area (Å²) in [6.45, 7) is 7.98. The lowest BCUT2D eigenvalue weighted by molar-refractivity contribution is 0.102. The molecule has 3 heteroatoms. The van der Waals surface area contributed by atoms with Gasteiger partial charge in [-0.25, -0.2) is 0 Å². The van der Waals surface area contributed by atoms with Crippen LogP contribution in [0.25, 0.3) is 12.2 Å². The number of hydrogen-bond donors (Lipinski definition) is 2. The first kappa shape index (κ1) is 14.8. The average Bonchev–Trinajstić information content (AvgIpc) is 2.54. The molecule has 2 aromatic carbocycles. The standard InChI is InChI=1S/C18H18N2O/c1-3-14-7-8-16(11-15(14)4-2)18(21)20-17-9-5-13(12-19)6-10-17/h3-11H,1-2,12,19H2,(H,20,21). The first-order valence-electron chi connectivity index (χ1n) is 6.67. The smallest absolute Gasteiger partial charge is 0.255 e. The number of carbonyl (C=O) groups excluding carboxylic acids is 1. The second-order valence-corrected chi connectivity index (χ2v) is 4.61. The quantitative estimate of drug-likeness (QED) is 0.876. The fraction of sp³-hybridized carbons (Fsp3) is 0.0556. The lowest BCUT2D eigenvalue weighted by atomic mass is 10.0. The summed E-state index contributed by atoms with van der Waals surface area (Å²) >= 11 is 0. The molecule has 0 saturated heterocycles. The molecule has 0 unspecified atom stereocenters. The zero-order valence-electron chi connectivity index (χ0n) is 11.8. The minimum atomic E-state index is -0.158. The van der Waals surface area contributed by atoms with Gasteiger partial charge in [0.25, 0.3) is 5.91 Å². The molecule has 0 spiro atoms. The lowest BCUT2D eigenvalue weighted by Crippen LogP contribution is -2.12. The van der Waals surface area contributed by atoms with Gasteiger partial charge in [0.15, 0.2) is 0 Å². The van der Waals surface area contributed by atoms with Crippen LogP contribution in [0, 0.1) is 0 Å². The van der Waals surface area contributed by atoms with Gasteiger partial charge in [0.2, 0.25) is 0 Å². The summed E-state index contributed by atoms with van der Waals surface area (Å²) in [6.07, 6.45) is 3.45. The van der Waals surface area contributed by atoms with E-state index < -0.39 is 0 Å². The Kier molecular flexibility index (Phi) is 4.69. The number of nitrogens with one attached hydrogen (secondary N) is 1. The molecule has 0 atom stereocenters. The monoisotopic (exact) mass is 278 g/mol. The highest BCUT2D eigenvalue weighted by Gasteiger charge is 2.08. The normalized spacial score (nSPS) is 9.95. The third kappa shape index (κ3) is 3.46. The lowest BCUT2D eigenvalue weighted by Gasteiger charge is -2.08. The topological polar surface area (TPSA) is 55.1 Å². The van der Waals surface area contributed by atoms with Gasteiger partial charge in [-0.2, -0.15) is 0 Å². The van der Waals surface area contributed by atoms with Crippen LogP contribution in [0.1, 0.15) is 27.0 Å². The maximum atomic E-state index is 12.2. The minimum Gasteiger partial charge on any atom is -0.326 e. The van der Waals surface area contributed by atoms with E-state index in [0.29, 0.717) is 12.1 Å². The third-order valence-corrected chi connectivity index (χ3v) is 3.24. The van der Waals surface area contributed by atoms with Crippen molar-refractivity contribution >= 4 is 23.7 Å². The van der Waals surface area contributed by atoms with Crippen LogP contribution in [0.5, 0.6) is 0 Å². The van der Waals surface area contributed by atoms with Crippen LogP contribution >= 0.6 is 0 Å². The molecular formula is C18H18N2O. The van der Waals surface area contributed by atoms with E-state index in [2.05, 4.69) is 18.5 Å². The number of hydrogen-bond acceptors (Lipinski definition) is 2. The van der Waals surface area contributed by atoms with Gasteiger partial charge < -0.3 is 11.1 Å². The van der Waals surface area contributed by atoms with Gasteiger partial charge in [-0.1, -0.05) is 43.5 Å². The van der Waals surface area contributed by atoms with Gasteiger partial charge in [0.05, 0.1) is 0 Å². The van der Waals surface area contributed by atoms with E-state index in [-0.39, 0.29) is 5.91 Å². The molecule has 3 N–H and O–H groups in total. The van der Waals surface area contributed by atoms with Crippen LogP contribution in [-0.2, 0) is 6.54 Å². The number of rotatable bonds is 5. The number of carbonyl (C=O) groups is 1. The second-order valence-electron chi connectivity index (χ2n) is 4.61. The summed E-state index contributed by atoms with van der Waals surface area (Å²) < 4.78 is 0. The number of benzene rings is 2. The van der Waals surface area contributed by atoms with Crippen LogP contribution in [0.15, 0.2) is 55.6 Å². The van der Waals surface area contributed by atoms with Crippen molar-refractivity contribution in [2.24, 2.45) is 5.73 Å². The highest BCUT2D eigenvalue weighted by atomic mass is 16.1. The summed E-state index contributed by atoms with van der Waals surface area (Å²) in [5.41, 5.74) is 9.73. The molecule has 1 amide bonds. The molecule has 0 bridgehead atoms. The maximum Gasteiger partial charge on any atom is 0.255 e. The zero-order chi connectivity index (χ0) is 15.2. The van der Waals surface area contributed by atoms with Crippen LogP contribution in [0.2, 0.25) is 0 Å². The molecule has 106 valence electrons.